The molecule has 10 heteroatoms. The quantitative estimate of drug-likeness (QED) is 0.262. The Balaban J connectivity index is 1.55. The summed E-state index contributed by atoms with van der Waals surface area (Å²) >= 11 is 2.70. The molecule has 0 radical (unpaired) electrons. The van der Waals surface area contributed by atoms with E-state index in [4.69, 9.17) is 4.74 Å². The van der Waals surface area contributed by atoms with Gasteiger partial charge in [-0.05, 0) is 61.9 Å². The van der Waals surface area contributed by atoms with Crippen LogP contribution in [0.25, 0.3) is 0 Å². The van der Waals surface area contributed by atoms with Crippen molar-refractivity contribution in [1.82, 2.24) is 4.90 Å². The standard InChI is InChI=1S/C33H38N4O4S2/c1-32(2,3)18-27(38)35-22-13-10-14-23(17-22)42-28(21-11-8-7-9-12-21)29(39)36-30-25(19-34)24-15-16-37(20-26(24)43-30)31(40)41-33(4,5)6/h7-14,17,28H,15-16,18,20H2,1-6H3,(H,35,38)(H,36,39). The molecular weight excluding hydrogens is 581 g/mol. The Hall–Kier alpha value is -3.81. The first-order valence-corrected chi connectivity index (χ1v) is 15.9. The summed E-state index contributed by atoms with van der Waals surface area (Å²) in [5, 5.41) is 15.9. The van der Waals surface area contributed by atoms with Crippen LogP contribution in [0.5, 0.6) is 0 Å². The molecule has 0 bridgehead atoms. The van der Waals surface area contributed by atoms with Crippen molar-refractivity contribution in [3.63, 3.8) is 0 Å². The second-order valence-corrected chi connectivity index (χ2v) is 15.0. The van der Waals surface area contributed by atoms with E-state index in [-0.39, 0.29) is 17.2 Å². The maximum atomic E-state index is 13.9. The first-order valence-electron chi connectivity index (χ1n) is 14.2. The fourth-order valence-electron chi connectivity index (χ4n) is 4.64. The van der Waals surface area contributed by atoms with Gasteiger partial charge in [0.15, 0.2) is 0 Å². The SMILES string of the molecule is CC(C)(C)CC(=O)Nc1cccc(SC(C(=O)Nc2sc3c(c2C#N)CCN(C(=O)OC(C)(C)C)C3)c2ccccc2)c1. The first-order chi connectivity index (χ1) is 20.2. The summed E-state index contributed by atoms with van der Waals surface area (Å²) in [5.41, 5.74) is 2.04. The fraction of sp³-hybridized carbons (Fsp3) is 0.394. The van der Waals surface area contributed by atoms with Crippen molar-refractivity contribution >= 4 is 51.7 Å². The maximum Gasteiger partial charge on any atom is 0.410 e. The van der Waals surface area contributed by atoms with Crippen LogP contribution in [0.15, 0.2) is 59.5 Å². The van der Waals surface area contributed by atoms with Crippen LogP contribution in [0, 0.1) is 16.7 Å². The van der Waals surface area contributed by atoms with E-state index in [1.807, 2.05) is 96.1 Å². The van der Waals surface area contributed by atoms with Crippen LogP contribution in [0.2, 0.25) is 0 Å². The average molecular weight is 619 g/mol. The van der Waals surface area contributed by atoms with Crippen LogP contribution in [-0.2, 0) is 27.3 Å². The molecule has 8 nitrogen and oxygen atoms in total. The number of ether oxygens (including phenoxy) is 1. The number of hydrogen-bond donors (Lipinski definition) is 2. The fourth-order valence-corrected chi connectivity index (χ4v) is 6.94. The molecule has 2 heterocycles. The monoisotopic (exact) mass is 618 g/mol. The molecule has 1 unspecified atom stereocenters. The van der Waals surface area contributed by atoms with E-state index in [1.165, 1.54) is 23.1 Å². The number of nitriles is 1. The Bertz CT molecular complexity index is 1530. The van der Waals surface area contributed by atoms with Crippen LogP contribution in [-0.4, -0.2) is 35.0 Å². The van der Waals surface area contributed by atoms with E-state index in [0.29, 0.717) is 42.2 Å². The summed E-state index contributed by atoms with van der Waals surface area (Å²) in [7, 11) is 0. The molecule has 0 aliphatic carbocycles. The molecule has 2 N–H and O–H groups in total. The van der Waals surface area contributed by atoms with Crippen molar-refractivity contribution in [2.45, 2.75) is 76.7 Å². The Morgan fingerprint density at radius 1 is 1.05 bits per heavy atom. The zero-order valence-electron chi connectivity index (χ0n) is 25.4. The predicted molar refractivity (Wildman–Crippen MR) is 172 cm³/mol. The normalized spacial score (nSPS) is 13.8. The van der Waals surface area contributed by atoms with Gasteiger partial charge in [0.2, 0.25) is 11.8 Å². The van der Waals surface area contributed by atoms with Gasteiger partial charge in [-0.2, -0.15) is 5.26 Å². The van der Waals surface area contributed by atoms with Gasteiger partial charge < -0.3 is 20.3 Å². The number of fused-ring (bicyclic) bond motifs is 1. The molecule has 3 amide bonds. The van der Waals surface area contributed by atoms with Gasteiger partial charge in [0.1, 0.15) is 21.9 Å². The minimum atomic E-state index is -0.620. The highest BCUT2D eigenvalue weighted by molar-refractivity contribution is 8.00. The van der Waals surface area contributed by atoms with Crippen molar-refractivity contribution in [3.05, 3.63) is 76.2 Å². The Kier molecular flexibility index (Phi) is 9.88. The summed E-state index contributed by atoms with van der Waals surface area (Å²) < 4.78 is 5.54. The smallest absolute Gasteiger partial charge is 0.410 e. The van der Waals surface area contributed by atoms with Gasteiger partial charge in [0.25, 0.3) is 0 Å². The number of carbonyl (C=O) groups is 3. The summed E-state index contributed by atoms with van der Waals surface area (Å²) in [6.07, 6.45) is 0.503. The molecule has 1 atom stereocenters. The lowest BCUT2D eigenvalue weighted by Gasteiger charge is -2.29. The second kappa shape index (κ2) is 13.2. The van der Waals surface area contributed by atoms with Gasteiger partial charge >= 0.3 is 6.09 Å². The molecule has 1 aromatic heterocycles. The highest BCUT2D eigenvalue weighted by Crippen LogP contribution is 2.41. The molecular formula is C33H38N4O4S2. The molecule has 43 heavy (non-hydrogen) atoms. The third kappa shape index (κ3) is 8.85. The van der Waals surface area contributed by atoms with Crippen molar-refractivity contribution in [1.29, 1.82) is 5.26 Å². The van der Waals surface area contributed by atoms with Gasteiger partial charge in [0.05, 0.1) is 12.1 Å². The van der Waals surface area contributed by atoms with Gasteiger partial charge in [-0.15, -0.1) is 23.1 Å². The number of rotatable bonds is 7. The summed E-state index contributed by atoms with van der Waals surface area (Å²) in [6.45, 7) is 12.3. The molecule has 0 saturated carbocycles. The molecule has 0 fully saturated rings. The minimum absolute atomic E-state index is 0.0667. The van der Waals surface area contributed by atoms with Crippen LogP contribution >= 0.6 is 23.1 Å². The van der Waals surface area contributed by atoms with E-state index >= 15 is 0 Å². The van der Waals surface area contributed by atoms with Crippen LogP contribution < -0.4 is 10.6 Å². The van der Waals surface area contributed by atoms with E-state index in [9.17, 15) is 19.6 Å². The molecule has 2 aromatic carbocycles. The molecule has 0 spiro atoms. The number of thiophene rings is 1. The number of benzene rings is 2. The third-order valence-electron chi connectivity index (χ3n) is 6.46. The lowest BCUT2D eigenvalue weighted by Crippen LogP contribution is -2.39. The number of hydrogen-bond acceptors (Lipinski definition) is 7. The zero-order chi connectivity index (χ0) is 31.4. The average Bonchev–Trinajstić information content (AvgIpc) is 3.26. The van der Waals surface area contributed by atoms with Crippen LogP contribution in [0.1, 0.15) is 74.8 Å². The number of amides is 3. The topological polar surface area (TPSA) is 112 Å². The summed E-state index contributed by atoms with van der Waals surface area (Å²) in [6, 6.07) is 19.2. The van der Waals surface area contributed by atoms with Gasteiger partial charge in [-0.3, -0.25) is 9.59 Å². The number of anilines is 2. The molecule has 4 rings (SSSR count). The molecule has 0 saturated heterocycles. The lowest BCUT2D eigenvalue weighted by atomic mass is 9.92. The Labute approximate surface area is 261 Å². The van der Waals surface area contributed by atoms with Gasteiger partial charge in [0, 0.05) is 28.4 Å². The van der Waals surface area contributed by atoms with Crippen molar-refractivity contribution in [2.24, 2.45) is 5.41 Å². The number of carbonyl (C=O) groups excluding carboxylic acids is 3. The summed E-state index contributed by atoms with van der Waals surface area (Å²) in [4.78, 5) is 42.4. The number of nitrogens with zero attached hydrogens (tertiary/aromatic N) is 2. The van der Waals surface area contributed by atoms with Crippen molar-refractivity contribution < 1.29 is 19.1 Å². The molecule has 226 valence electrons. The highest BCUT2D eigenvalue weighted by Gasteiger charge is 2.31. The van der Waals surface area contributed by atoms with Crippen molar-refractivity contribution in [2.75, 3.05) is 17.2 Å². The third-order valence-corrected chi connectivity index (χ3v) is 8.84. The predicted octanol–water partition coefficient (Wildman–Crippen LogP) is 7.76. The summed E-state index contributed by atoms with van der Waals surface area (Å²) in [5.74, 6) is -0.333. The first kappa shape index (κ1) is 32.1. The largest absolute Gasteiger partial charge is 0.444 e. The van der Waals surface area contributed by atoms with E-state index in [1.54, 1.807) is 4.90 Å². The van der Waals surface area contributed by atoms with Gasteiger partial charge in [-0.1, -0.05) is 57.2 Å². The molecule has 3 aromatic rings. The Morgan fingerprint density at radius 2 is 1.77 bits per heavy atom. The zero-order valence-corrected chi connectivity index (χ0v) is 27.1. The van der Waals surface area contributed by atoms with E-state index in [0.717, 1.165) is 20.9 Å². The Morgan fingerprint density at radius 3 is 2.42 bits per heavy atom. The van der Waals surface area contributed by atoms with Crippen LogP contribution in [0.3, 0.4) is 0 Å². The number of nitrogens with one attached hydrogen (secondary N) is 2. The van der Waals surface area contributed by atoms with E-state index < -0.39 is 16.9 Å². The van der Waals surface area contributed by atoms with Gasteiger partial charge in [-0.25, -0.2) is 4.79 Å². The lowest BCUT2D eigenvalue weighted by molar-refractivity contribution is -0.118. The highest BCUT2D eigenvalue weighted by atomic mass is 32.2. The number of thioether (sulfide) groups is 1. The van der Waals surface area contributed by atoms with E-state index in [2.05, 4.69) is 16.7 Å². The minimum Gasteiger partial charge on any atom is -0.444 e. The maximum absolute atomic E-state index is 13.9. The molecule has 1 aliphatic heterocycles. The van der Waals surface area contributed by atoms with Crippen molar-refractivity contribution in [3.8, 4) is 6.07 Å². The second-order valence-electron chi connectivity index (χ2n) is 12.7. The van der Waals surface area contributed by atoms with Crippen LogP contribution in [0.4, 0.5) is 15.5 Å². The molecule has 1 aliphatic rings.